The largest absolute Gasteiger partial charge is 0.573 e. The van der Waals surface area contributed by atoms with Crippen molar-refractivity contribution in [3.63, 3.8) is 0 Å². The zero-order valence-electron chi connectivity index (χ0n) is 18.6. The molecule has 36 heavy (non-hydrogen) atoms. The topological polar surface area (TPSA) is 79.1 Å². The summed E-state index contributed by atoms with van der Waals surface area (Å²) in [5.41, 5.74) is 1.52. The third-order valence-corrected chi connectivity index (χ3v) is 5.20. The van der Waals surface area contributed by atoms with E-state index in [4.69, 9.17) is 16.3 Å². The summed E-state index contributed by atoms with van der Waals surface area (Å²) in [5.74, 6) is 4.49. The van der Waals surface area contributed by atoms with Crippen LogP contribution in [0.5, 0.6) is 11.5 Å². The average Bonchev–Trinajstić information content (AvgIpc) is 3.27. The Morgan fingerprint density at radius 3 is 2.64 bits per heavy atom. The summed E-state index contributed by atoms with van der Waals surface area (Å²) in [6, 6.07) is 13.8. The molecule has 2 aromatic carbocycles. The molecule has 2 aromatic heterocycles. The molecule has 0 N–H and O–H groups in total. The number of aromatic nitrogens is 4. The van der Waals surface area contributed by atoms with Crippen molar-refractivity contribution in [3.8, 4) is 34.6 Å². The van der Waals surface area contributed by atoms with Gasteiger partial charge < -0.3 is 9.47 Å². The molecule has 0 atom stereocenters. The highest BCUT2D eigenvalue weighted by atomic mass is 35.5. The molecule has 0 amide bonds. The van der Waals surface area contributed by atoms with Gasteiger partial charge in [0.25, 0.3) is 5.78 Å². The number of carbonyl (C=O) groups excluding carboxylic acids is 1. The lowest BCUT2D eigenvalue weighted by atomic mass is 10.1. The van der Waals surface area contributed by atoms with E-state index in [0.717, 1.165) is 6.07 Å². The SMILES string of the molecule is COc1ccc(OC(F)(F)F)cc1Cn1nnc(C(=O)C#Cc2ccccc2Cl)c1-c1cccnc1. The fourth-order valence-corrected chi connectivity index (χ4v) is 3.53. The number of carbonyl (C=O) groups is 1. The molecule has 7 nitrogen and oxygen atoms in total. The molecule has 0 unspecified atom stereocenters. The summed E-state index contributed by atoms with van der Waals surface area (Å²) in [7, 11) is 1.38. The lowest BCUT2D eigenvalue weighted by Crippen LogP contribution is -2.17. The summed E-state index contributed by atoms with van der Waals surface area (Å²) in [4.78, 5) is 17.1. The van der Waals surface area contributed by atoms with Gasteiger partial charge in [-0.2, -0.15) is 0 Å². The van der Waals surface area contributed by atoms with E-state index in [1.54, 1.807) is 42.6 Å². The van der Waals surface area contributed by atoms with Gasteiger partial charge in [-0.25, -0.2) is 4.68 Å². The van der Waals surface area contributed by atoms with Crippen molar-refractivity contribution in [1.82, 2.24) is 20.0 Å². The average molecular weight is 513 g/mol. The van der Waals surface area contributed by atoms with E-state index >= 15 is 0 Å². The van der Waals surface area contributed by atoms with Crippen LogP contribution in [0.4, 0.5) is 13.2 Å². The Kier molecular flexibility index (Phi) is 7.22. The van der Waals surface area contributed by atoms with Crippen molar-refractivity contribution < 1.29 is 27.4 Å². The van der Waals surface area contributed by atoms with Crippen LogP contribution < -0.4 is 9.47 Å². The van der Waals surface area contributed by atoms with Gasteiger partial charge in [0.2, 0.25) is 0 Å². The summed E-state index contributed by atoms with van der Waals surface area (Å²) in [6.45, 7) is -0.0827. The number of hydrogen-bond donors (Lipinski definition) is 0. The summed E-state index contributed by atoms with van der Waals surface area (Å²) in [6.07, 6.45) is -1.80. The Hall–Kier alpha value is -4.36. The zero-order valence-corrected chi connectivity index (χ0v) is 19.3. The van der Waals surface area contributed by atoms with Gasteiger partial charge in [0.05, 0.1) is 18.7 Å². The maximum absolute atomic E-state index is 13.0. The fraction of sp³-hybridized carbons (Fsp3) is 0.120. The van der Waals surface area contributed by atoms with E-state index in [9.17, 15) is 18.0 Å². The molecular weight excluding hydrogens is 497 g/mol. The molecule has 2 heterocycles. The first-order chi connectivity index (χ1) is 17.2. The van der Waals surface area contributed by atoms with Gasteiger partial charge in [-0.05, 0) is 48.4 Å². The number of ketones is 1. The summed E-state index contributed by atoms with van der Waals surface area (Å²) < 4.78 is 48.9. The lowest BCUT2D eigenvalue weighted by Gasteiger charge is -2.14. The van der Waals surface area contributed by atoms with Gasteiger partial charge in [0.15, 0.2) is 5.69 Å². The minimum Gasteiger partial charge on any atom is -0.496 e. The smallest absolute Gasteiger partial charge is 0.496 e. The second-order valence-corrected chi connectivity index (χ2v) is 7.67. The Balaban J connectivity index is 1.75. The molecule has 0 fully saturated rings. The van der Waals surface area contributed by atoms with Crippen molar-refractivity contribution in [1.29, 1.82) is 0 Å². The predicted molar refractivity (Wildman–Crippen MR) is 125 cm³/mol. The first kappa shape index (κ1) is 24.8. The van der Waals surface area contributed by atoms with Gasteiger partial charge >= 0.3 is 6.36 Å². The number of nitrogens with zero attached hydrogens (tertiary/aromatic N) is 4. The number of ether oxygens (including phenoxy) is 2. The predicted octanol–water partition coefficient (Wildman–Crippen LogP) is 5.18. The molecule has 182 valence electrons. The van der Waals surface area contributed by atoms with E-state index in [1.807, 2.05) is 0 Å². The number of rotatable bonds is 6. The number of alkyl halides is 3. The Bertz CT molecular complexity index is 1460. The molecule has 11 heteroatoms. The van der Waals surface area contributed by atoms with Gasteiger partial charge in [0.1, 0.15) is 17.2 Å². The second-order valence-electron chi connectivity index (χ2n) is 7.27. The molecule has 0 spiro atoms. The number of Topliss-reactive ketones (excluding diaryl/α,β-unsaturated/α-hetero) is 1. The summed E-state index contributed by atoms with van der Waals surface area (Å²) >= 11 is 6.11. The Labute approximate surface area is 208 Å². The first-order valence-corrected chi connectivity index (χ1v) is 10.7. The molecule has 0 saturated carbocycles. The lowest BCUT2D eigenvalue weighted by molar-refractivity contribution is -0.274. The molecule has 4 rings (SSSR count). The fourth-order valence-electron chi connectivity index (χ4n) is 3.35. The first-order valence-electron chi connectivity index (χ1n) is 10.3. The van der Waals surface area contributed by atoms with E-state index in [-0.39, 0.29) is 17.9 Å². The molecule has 0 bridgehead atoms. The van der Waals surface area contributed by atoms with Crippen molar-refractivity contribution >= 4 is 17.4 Å². The highest BCUT2D eigenvalue weighted by Crippen LogP contribution is 2.30. The molecule has 0 aliphatic heterocycles. The Morgan fingerprint density at radius 1 is 1.14 bits per heavy atom. The van der Waals surface area contributed by atoms with Crippen LogP contribution in [0, 0.1) is 11.8 Å². The number of halogens is 4. The van der Waals surface area contributed by atoms with Crippen LogP contribution in [-0.2, 0) is 6.54 Å². The highest BCUT2D eigenvalue weighted by molar-refractivity contribution is 6.31. The molecule has 0 aliphatic carbocycles. The standard InChI is InChI=1S/C25H16ClF3N4O3/c1-35-22-11-9-19(36-25(27,28)29)13-18(22)15-33-24(17-6-4-12-30-14-17)23(31-32-33)21(34)10-8-16-5-2-3-7-20(16)26/h2-7,9,11-14H,15H2,1H3. The maximum Gasteiger partial charge on any atom is 0.573 e. The van der Waals surface area contributed by atoms with Crippen molar-refractivity contribution in [2.75, 3.05) is 7.11 Å². The third kappa shape index (κ3) is 5.82. The third-order valence-electron chi connectivity index (χ3n) is 4.88. The summed E-state index contributed by atoms with van der Waals surface area (Å²) in [5, 5.41) is 8.47. The van der Waals surface area contributed by atoms with Crippen LogP contribution in [0.15, 0.2) is 67.0 Å². The van der Waals surface area contributed by atoms with Gasteiger partial charge in [-0.15, -0.1) is 18.3 Å². The second kappa shape index (κ2) is 10.5. The van der Waals surface area contributed by atoms with E-state index in [0.29, 0.717) is 27.5 Å². The molecular formula is C25H16ClF3N4O3. The monoisotopic (exact) mass is 512 g/mol. The minimum atomic E-state index is -4.86. The van der Waals surface area contributed by atoms with Crippen LogP contribution in [0.3, 0.4) is 0 Å². The van der Waals surface area contributed by atoms with Crippen molar-refractivity contribution in [2.24, 2.45) is 0 Å². The van der Waals surface area contributed by atoms with Crippen LogP contribution in [-0.4, -0.2) is 39.2 Å². The maximum atomic E-state index is 13.0. The van der Waals surface area contributed by atoms with Crippen LogP contribution in [0.1, 0.15) is 21.6 Å². The van der Waals surface area contributed by atoms with Crippen molar-refractivity contribution in [2.45, 2.75) is 12.9 Å². The normalized spacial score (nSPS) is 10.9. The van der Waals surface area contributed by atoms with Gasteiger partial charge in [0, 0.05) is 29.1 Å². The van der Waals surface area contributed by atoms with E-state index in [2.05, 4.69) is 31.9 Å². The quantitative estimate of drug-likeness (QED) is 0.261. The van der Waals surface area contributed by atoms with Crippen LogP contribution >= 0.6 is 11.6 Å². The Morgan fingerprint density at radius 2 is 1.94 bits per heavy atom. The zero-order chi connectivity index (χ0) is 25.7. The van der Waals surface area contributed by atoms with Crippen LogP contribution in [0.2, 0.25) is 5.02 Å². The van der Waals surface area contributed by atoms with E-state index < -0.39 is 17.9 Å². The number of benzene rings is 2. The van der Waals surface area contributed by atoms with Gasteiger partial charge in [-0.1, -0.05) is 34.9 Å². The number of pyridine rings is 1. The van der Waals surface area contributed by atoms with Crippen molar-refractivity contribution in [3.05, 3.63) is 88.8 Å². The van der Waals surface area contributed by atoms with Gasteiger partial charge in [-0.3, -0.25) is 9.78 Å². The van der Waals surface area contributed by atoms with E-state index in [1.165, 1.54) is 30.1 Å². The molecule has 0 aliphatic rings. The highest BCUT2D eigenvalue weighted by Gasteiger charge is 2.31. The minimum absolute atomic E-state index is 0.0517. The molecule has 0 radical (unpaired) electrons. The van der Waals surface area contributed by atoms with Crippen LogP contribution in [0.25, 0.3) is 11.3 Å². The number of methoxy groups -OCH3 is 1. The molecule has 0 saturated heterocycles. The molecule has 4 aromatic rings. The number of hydrogen-bond acceptors (Lipinski definition) is 6.